The molecule has 0 saturated heterocycles. The molecular formula is C10H14N2O. The van der Waals surface area contributed by atoms with Gasteiger partial charge in [0.15, 0.2) is 0 Å². The topological polar surface area (TPSA) is 46.0 Å². The first-order valence-corrected chi connectivity index (χ1v) is 4.63. The Bertz CT molecular complexity index is 308. The average molecular weight is 178 g/mol. The van der Waals surface area contributed by atoms with Crippen LogP contribution in [0.25, 0.3) is 0 Å². The molecule has 0 aliphatic heterocycles. The molecule has 3 nitrogen and oxygen atoms in total. The largest absolute Gasteiger partial charge is 0.396 e. The van der Waals surface area contributed by atoms with Crippen LogP contribution in [-0.4, -0.2) is 21.7 Å². The van der Waals surface area contributed by atoms with Gasteiger partial charge in [0, 0.05) is 19.0 Å². The Morgan fingerprint density at radius 3 is 2.62 bits per heavy atom. The zero-order chi connectivity index (χ0) is 9.31. The monoisotopic (exact) mass is 178 g/mol. The van der Waals surface area contributed by atoms with Crippen LogP contribution in [0.15, 0.2) is 12.4 Å². The standard InChI is InChI=1S/C10H14N2O/c1-8-9(12-5-4-11-8)6-10(7-13)2-3-10/h4-5,13H,2-3,6-7H2,1H3. The molecule has 1 heterocycles. The average Bonchev–Trinajstić information content (AvgIpc) is 2.90. The van der Waals surface area contributed by atoms with E-state index in [1.807, 2.05) is 6.92 Å². The molecule has 3 heteroatoms. The van der Waals surface area contributed by atoms with Gasteiger partial charge in [-0.1, -0.05) is 0 Å². The summed E-state index contributed by atoms with van der Waals surface area (Å²) in [4.78, 5) is 8.46. The van der Waals surface area contributed by atoms with E-state index < -0.39 is 0 Å². The second-order valence-electron chi connectivity index (χ2n) is 3.92. The number of aliphatic hydroxyl groups excluding tert-OH is 1. The molecule has 1 aromatic heterocycles. The van der Waals surface area contributed by atoms with E-state index >= 15 is 0 Å². The van der Waals surface area contributed by atoms with Crippen LogP contribution in [0, 0.1) is 12.3 Å². The zero-order valence-electron chi connectivity index (χ0n) is 7.82. The molecular weight excluding hydrogens is 164 g/mol. The fourth-order valence-electron chi connectivity index (χ4n) is 1.53. The first kappa shape index (κ1) is 8.63. The quantitative estimate of drug-likeness (QED) is 0.754. The molecule has 1 N–H and O–H groups in total. The zero-order valence-corrected chi connectivity index (χ0v) is 7.82. The summed E-state index contributed by atoms with van der Waals surface area (Å²) in [5.74, 6) is 0. The first-order valence-electron chi connectivity index (χ1n) is 4.63. The Kier molecular flexibility index (Phi) is 2.04. The summed E-state index contributed by atoms with van der Waals surface area (Å²) in [6, 6.07) is 0. The molecule has 2 rings (SSSR count). The first-order chi connectivity index (χ1) is 6.26. The highest BCUT2D eigenvalue weighted by molar-refractivity contribution is 5.13. The second-order valence-corrected chi connectivity index (χ2v) is 3.92. The minimum Gasteiger partial charge on any atom is -0.396 e. The van der Waals surface area contributed by atoms with Gasteiger partial charge in [-0.05, 0) is 31.6 Å². The van der Waals surface area contributed by atoms with Crippen molar-refractivity contribution in [3.05, 3.63) is 23.8 Å². The maximum absolute atomic E-state index is 9.16. The molecule has 0 atom stereocenters. The molecule has 1 aromatic rings. The Balaban J connectivity index is 2.14. The van der Waals surface area contributed by atoms with Crippen LogP contribution in [0.5, 0.6) is 0 Å². The SMILES string of the molecule is Cc1nccnc1CC1(CO)CC1. The maximum atomic E-state index is 9.16. The van der Waals surface area contributed by atoms with Gasteiger partial charge in [-0.25, -0.2) is 0 Å². The van der Waals surface area contributed by atoms with Crippen molar-refractivity contribution < 1.29 is 5.11 Å². The van der Waals surface area contributed by atoms with Gasteiger partial charge in [0.25, 0.3) is 0 Å². The molecule has 0 amide bonds. The summed E-state index contributed by atoms with van der Waals surface area (Å²) in [6.45, 7) is 2.25. The fraction of sp³-hybridized carbons (Fsp3) is 0.600. The highest BCUT2D eigenvalue weighted by Crippen LogP contribution is 2.47. The Morgan fingerprint density at radius 2 is 2.08 bits per heavy atom. The molecule has 0 radical (unpaired) electrons. The van der Waals surface area contributed by atoms with E-state index in [1.165, 1.54) is 0 Å². The summed E-state index contributed by atoms with van der Waals surface area (Å²) < 4.78 is 0. The van der Waals surface area contributed by atoms with E-state index in [1.54, 1.807) is 12.4 Å². The van der Waals surface area contributed by atoms with Crippen molar-refractivity contribution in [1.82, 2.24) is 9.97 Å². The third-order valence-corrected chi connectivity index (χ3v) is 2.82. The van der Waals surface area contributed by atoms with Crippen LogP contribution >= 0.6 is 0 Å². The summed E-state index contributed by atoms with van der Waals surface area (Å²) in [5, 5.41) is 9.16. The molecule has 1 saturated carbocycles. The van der Waals surface area contributed by atoms with Gasteiger partial charge < -0.3 is 5.11 Å². The molecule has 0 spiro atoms. The number of nitrogens with zero attached hydrogens (tertiary/aromatic N) is 2. The van der Waals surface area contributed by atoms with Crippen molar-refractivity contribution in [3.63, 3.8) is 0 Å². The second kappa shape index (κ2) is 3.07. The lowest BCUT2D eigenvalue weighted by Gasteiger charge is -2.11. The predicted molar refractivity (Wildman–Crippen MR) is 49.2 cm³/mol. The van der Waals surface area contributed by atoms with Crippen molar-refractivity contribution >= 4 is 0 Å². The molecule has 0 bridgehead atoms. The van der Waals surface area contributed by atoms with Gasteiger partial charge in [0.1, 0.15) is 0 Å². The number of hydrogen-bond donors (Lipinski definition) is 1. The van der Waals surface area contributed by atoms with Crippen molar-refractivity contribution in [2.24, 2.45) is 5.41 Å². The van der Waals surface area contributed by atoms with E-state index in [4.69, 9.17) is 5.11 Å². The van der Waals surface area contributed by atoms with Crippen LogP contribution < -0.4 is 0 Å². The molecule has 1 aliphatic carbocycles. The number of aromatic nitrogens is 2. The summed E-state index contributed by atoms with van der Waals surface area (Å²) in [6.07, 6.45) is 6.55. The molecule has 0 aromatic carbocycles. The summed E-state index contributed by atoms with van der Waals surface area (Å²) in [5.41, 5.74) is 2.16. The minimum atomic E-state index is 0.140. The highest BCUT2D eigenvalue weighted by atomic mass is 16.3. The Hall–Kier alpha value is -0.960. The third-order valence-electron chi connectivity index (χ3n) is 2.82. The maximum Gasteiger partial charge on any atom is 0.0622 e. The van der Waals surface area contributed by atoms with Gasteiger partial charge in [0.2, 0.25) is 0 Å². The van der Waals surface area contributed by atoms with Crippen LogP contribution in [0.2, 0.25) is 0 Å². The van der Waals surface area contributed by atoms with Crippen LogP contribution in [0.4, 0.5) is 0 Å². The minimum absolute atomic E-state index is 0.140. The molecule has 70 valence electrons. The third kappa shape index (κ3) is 1.70. The normalized spacial score (nSPS) is 18.6. The predicted octanol–water partition coefficient (Wildman–Crippen LogP) is 1.10. The van der Waals surface area contributed by atoms with Crippen molar-refractivity contribution in [3.8, 4) is 0 Å². The highest BCUT2D eigenvalue weighted by Gasteiger charge is 2.42. The van der Waals surface area contributed by atoms with Crippen LogP contribution in [-0.2, 0) is 6.42 Å². The van der Waals surface area contributed by atoms with Crippen molar-refractivity contribution in [1.29, 1.82) is 0 Å². The lowest BCUT2D eigenvalue weighted by Crippen LogP contribution is -2.12. The van der Waals surface area contributed by atoms with Gasteiger partial charge >= 0.3 is 0 Å². The van der Waals surface area contributed by atoms with Gasteiger partial charge in [-0.3, -0.25) is 9.97 Å². The van der Waals surface area contributed by atoms with Crippen LogP contribution in [0.1, 0.15) is 24.2 Å². The Morgan fingerprint density at radius 1 is 1.38 bits per heavy atom. The summed E-state index contributed by atoms with van der Waals surface area (Å²) in [7, 11) is 0. The smallest absolute Gasteiger partial charge is 0.0622 e. The number of hydrogen-bond acceptors (Lipinski definition) is 3. The fourth-order valence-corrected chi connectivity index (χ4v) is 1.53. The molecule has 13 heavy (non-hydrogen) atoms. The number of rotatable bonds is 3. The van der Waals surface area contributed by atoms with E-state index in [0.717, 1.165) is 30.7 Å². The van der Waals surface area contributed by atoms with Gasteiger partial charge in [-0.15, -0.1) is 0 Å². The number of aryl methyl sites for hydroxylation is 1. The molecule has 0 unspecified atom stereocenters. The van der Waals surface area contributed by atoms with Crippen LogP contribution in [0.3, 0.4) is 0 Å². The van der Waals surface area contributed by atoms with Gasteiger partial charge in [0.05, 0.1) is 11.4 Å². The van der Waals surface area contributed by atoms with E-state index in [9.17, 15) is 0 Å². The van der Waals surface area contributed by atoms with Gasteiger partial charge in [-0.2, -0.15) is 0 Å². The summed E-state index contributed by atoms with van der Waals surface area (Å²) >= 11 is 0. The van der Waals surface area contributed by atoms with Crippen molar-refractivity contribution in [2.75, 3.05) is 6.61 Å². The molecule has 1 fully saturated rings. The van der Waals surface area contributed by atoms with E-state index in [-0.39, 0.29) is 12.0 Å². The Labute approximate surface area is 77.8 Å². The number of aliphatic hydroxyl groups is 1. The lowest BCUT2D eigenvalue weighted by molar-refractivity contribution is 0.210. The van der Waals surface area contributed by atoms with E-state index in [2.05, 4.69) is 9.97 Å². The van der Waals surface area contributed by atoms with Crippen molar-refractivity contribution in [2.45, 2.75) is 26.2 Å². The molecule has 1 aliphatic rings. The van der Waals surface area contributed by atoms with E-state index in [0.29, 0.717) is 0 Å². The lowest BCUT2D eigenvalue weighted by atomic mass is 10.0.